The van der Waals surface area contributed by atoms with E-state index in [1.807, 2.05) is 5.43 Å². The molecule has 0 saturated heterocycles. The van der Waals surface area contributed by atoms with Gasteiger partial charge in [0.1, 0.15) is 0 Å². The molecule has 1 amide bonds. The van der Waals surface area contributed by atoms with Gasteiger partial charge < -0.3 is 9.47 Å². The molecule has 0 bridgehead atoms. The maximum atomic E-state index is 12.6. The lowest BCUT2D eigenvalue weighted by Gasteiger charge is -2.16. The van der Waals surface area contributed by atoms with Crippen molar-refractivity contribution >= 4 is 15.9 Å². The highest BCUT2D eigenvalue weighted by Crippen LogP contribution is 2.30. The highest BCUT2D eigenvalue weighted by molar-refractivity contribution is 7.89. The minimum atomic E-state index is -4.68. The van der Waals surface area contributed by atoms with Crippen LogP contribution in [0.25, 0.3) is 0 Å². The Bertz CT molecular complexity index is 673. The molecule has 0 aliphatic rings. The molecule has 0 aromatic heterocycles. The lowest BCUT2D eigenvalue weighted by atomic mass is 10.2. The molecular weight excluding hydrogens is 365 g/mol. The Morgan fingerprint density at radius 1 is 1.20 bits per heavy atom. The molecular formula is C14H19F3N2O5S. The van der Waals surface area contributed by atoms with Crippen molar-refractivity contribution in [1.29, 1.82) is 0 Å². The van der Waals surface area contributed by atoms with Crippen LogP contribution in [0.15, 0.2) is 29.2 Å². The number of nitrogens with one attached hydrogen (secondary N) is 2. The number of hydrogen-bond acceptors (Lipinski definition) is 5. The van der Waals surface area contributed by atoms with Crippen molar-refractivity contribution in [1.82, 2.24) is 10.3 Å². The zero-order chi connectivity index (χ0) is 19.1. The summed E-state index contributed by atoms with van der Waals surface area (Å²) in [6.07, 6.45) is -5.82. The summed E-state index contributed by atoms with van der Waals surface area (Å²) < 4.78 is 72.2. The van der Waals surface area contributed by atoms with Crippen LogP contribution in [0, 0.1) is 0 Å². The molecule has 0 atom stereocenters. The van der Waals surface area contributed by atoms with E-state index in [1.165, 1.54) is 0 Å². The van der Waals surface area contributed by atoms with E-state index in [-0.39, 0.29) is 19.6 Å². The van der Waals surface area contributed by atoms with Crippen LogP contribution >= 0.6 is 0 Å². The molecule has 0 fully saturated rings. The summed E-state index contributed by atoms with van der Waals surface area (Å²) in [7, 11) is -4.36. The number of hydrazine groups is 1. The first-order valence-electron chi connectivity index (χ1n) is 7.31. The third-order valence-corrected chi connectivity index (χ3v) is 4.10. The van der Waals surface area contributed by atoms with Crippen LogP contribution in [0.3, 0.4) is 0 Å². The molecule has 142 valence electrons. The lowest BCUT2D eigenvalue weighted by Crippen LogP contribution is -2.43. The van der Waals surface area contributed by atoms with Crippen LogP contribution in [0.5, 0.6) is 0 Å². The van der Waals surface area contributed by atoms with Gasteiger partial charge in [-0.3, -0.25) is 10.2 Å². The quantitative estimate of drug-likeness (QED) is 0.500. The van der Waals surface area contributed by atoms with Crippen LogP contribution in [0.2, 0.25) is 0 Å². The number of alkyl halides is 3. The minimum Gasteiger partial charge on any atom is -0.352 e. The predicted molar refractivity (Wildman–Crippen MR) is 81.6 cm³/mol. The number of carbonyl (C=O) groups is 1. The van der Waals surface area contributed by atoms with Gasteiger partial charge in [0.15, 0.2) is 6.29 Å². The topological polar surface area (TPSA) is 93.7 Å². The smallest absolute Gasteiger partial charge is 0.352 e. The van der Waals surface area contributed by atoms with E-state index >= 15 is 0 Å². The SMILES string of the molecule is CCOC(CC(=O)NNS(=O)(=O)c1cccc(C(F)(F)F)c1)OCC. The molecule has 0 heterocycles. The van der Waals surface area contributed by atoms with Gasteiger partial charge in [-0.2, -0.15) is 13.2 Å². The van der Waals surface area contributed by atoms with Crippen molar-refractivity contribution in [3.63, 3.8) is 0 Å². The van der Waals surface area contributed by atoms with Crippen LogP contribution < -0.4 is 10.3 Å². The third kappa shape index (κ3) is 6.98. The number of rotatable bonds is 9. The molecule has 2 N–H and O–H groups in total. The Morgan fingerprint density at radius 3 is 2.32 bits per heavy atom. The zero-order valence-electron chi connectivity index (χ0n) is 13.6. The minimum absolute atomic E-state index is 0.285. The van der Waals surface area contributed by atoms with E-state index in [0.29, 0.717) is 6.07 Å². The van der Waals surface area contributed by atoms with Crippen molar-refractivity contribution in [3.8, 4) is 0 Å². The van der Waals surface area contributed by atoms with Crippen LogP contribution in [-0.4, -0.2) is 33.8 Å². The first-order valence-corrected chi connectivity index (χ1v) is 8.79. The second-order valence-electron chi connectivity index (χ2n) is 4.72. The second kappa shape index (κ2) is 9.13. The van der Waals surface area contributed by atoms with Crippen molar-refractivity contribution < 1.29 is 35.9 Å². The number of carbonyl (C=O) groups excluding carboxylic acids is 1. The third-order valence-electron chi connectivity index (χ3n) is 2.85. The fraction of sp³-hybridized carbons (Fsp3) is 0.500. The largest absolute Gasteiger partial charge is 0.416 e. The van der Waals surface area contributed by atoms with Gasteiger partial charge >= 0.3 is 6.18 Å². The van der Waals surface area contributed by atoms with Gasteiger partial charge in [-0.05, 0) is 32.0 Å². The Morgan fingerprint density at radius 2 is 1.80 bits per heavy atom. The number of benzene rings is 1. The van der Waals surface area contributed by atoms with Gasteiger partial charge in [0.2, 0.25) is 5.91 Å². The lowest BCUT2D eigenvalue weighted by molar-refractivity contribution is -0.153. The maximum absolute atomic E-state index is 12.6. The Labute approximate surface area is 143 Å². The van der Waals surface area contributed by atoms with E-state index in [4.69, 9.17) is 9.47 Å². The molecule has 7 nitrogen and oxygen atoms in total. The van der Waals surface area contributed by atoms with Crippen LogP contribution in [0.1, 0.15) is 25.8 Å². The summed E-state index contributed by atoms with van der Waals surface area (Å²) >= 11 is 0. The molecule has 1 aromatic rings. The molecule has 0 aliphatic heterocycles. The Balaban J connectivity index is 2.74. The molecule has 0 aliphatic carbocycles. The summed E-state index contributed by atoms with van der Waals surface area (Å²) in [5.41, 5.74) is 0.793. The maximum Gasteiger partial charge on any atom is 0.416 e. The van der Waals surface area contributed by atoms with Gasteiger partial charge in [-0.1, -0.05) is 6.07 Å². The fourth-order valence-corrected chi connectivity index (χ4v) is 2.67. The standard InChI is InChI=1S/C14H19F3N2O5S/c1-3-23-13(24-4-2)9-12(20)18-19-25(21,22)11-7-5-6-10(8-11)14(15,16)17/h5-8,13,19H,3-4,9H2,1-2H3,(H,18,20). The van der Waals surface area contributed by atoms with E-state index in [1.54, 1.807) is 18.7 Å². The van der Waals surface area contributed by atoms with E-state index in [9.17, 15) is 26.4 Å². The molecule has 0 spiro atoms. The summed E-state index contributed by atoms with van der Waals surface area (Å²) in [4.78, 5) is 12.8. The van der Waals surface area contributed by atoms with Crippen molar-refractivity contribution in [2.75, 3.05) is 13.2 Å². The summed E-state index contributed by atoms with van der Waals surface area (Å²) in [6, 6.07) is 3.15. The Hall–Kier alpha value is -1.69. The molecule has 25 heavy (non-hydrogen) atoms. The number of halogens is 3. The van der Waals surface area contributed by atoms with E-state index in [0.717, 1.165) is 18.2 Å². The first-order chi connectivity index (χ1) is 11.6. The highest BCUT2D eigenvalue weighted by Gasteiger charge is 2.31. The van der Waals surface area contributed by atoms with Gasteiger partial charge in [0.25, 0.3) is 10.0 Å². The average Bonchev–Trinajstić information content (AvgIpc) is 2.53. The number of hydrogen-bond donors (Lipinski definition) is 2. The molecule has 11 heteroatoms. The van der Waals surface area contributed by atoms with Gasteiger partial charge in [-0.25, -0.2) is 8.42 Å². The van der Waals surface area contributed by atoms with Gasteiger partial charge in [-0.15, -0.1) is 4.83 Å². The van der Waals surface area contributed by atoms with Gasteiger partial charge in [0, 0.05) is 13.2 Å². The first kappa shape index (κ1) is 21.4. The highest BCUT2D eigenvalue weighted by atomic mass is 32.2. The number of sulfonamides is 1. The van der Waals surface area contributed by atoms with Crippen LogP contribution in [0.4, 0.5) is 13.2 Å². The molecule has 0 unspecified atom stereocenters. The number of ether oxygens (including phenoxy) is 2. The predicted octanol–water partition coefficient (Wildman–Crippen LogP) is 1.80. The fourth-order valence-electron chi connectivity index (χ4n) is 1.76. The molecule has 0 saturated carbocycles. The van der Waals surface area contributed by atoms with Gasteiger partial charge in [0.05, 0.1) is 16.9 Å². The molecule has 1 aromatic carbocycles. The monoisotopic (exact) mass is 384 g/mol. The summed E-state index contributed by atoms with van der Waals surface area (Å²) in [5.74, 6) is -0.762. The van der Waals surface area contributed by atoms with E-state index in [2.05, 4.69) is 0 Å². The molecule has 0 radical (unpaired) electrons. The van der Waals surface area contributed by atoms with E-state index < -0.39 is 38.9 Å². The van der Waals surface area contributed by atoms with Crippen molar-refractivity contribution in [2.45, 2.75) is 37.6 Å². The van der Waals surface area contributed by atoms with Crippen molar-refractivity contribution in [2.24, 2.45) is 0 Å². The molecule has 1 rings (SSSR count). The summed E-state index contributed by atoms with van der Waals surface area (Å²) in [5, 5.41) is 0. The number of amides is 1. The van der Waals surface area contributed by atoms with Crippen LogP contribution in [-0.2, 0) is 30.5 Å². The average molecular weight is 384 g/mol. The Kier molecular flexibility index (Phi) is 7.80. The normalized spacial score (nSPS) is 12.4. The van der Waals surface area contributed by atoms with Crippen molar-refractivity contribution in [3.05, 3.63) is 29.8 Å². The summed E-state index contributed by atoms with van der Waals surface area (Å²) in [6.45, 7) is 3.96. The zero-order valence-corrected chi connectivity index (χ0v) is 14.4. The second-order valence-corrected chi connectivity index (χ2v) is 6.41.